The molecule has 0 bridgehead atoms. The number of carbonyl (C=O) groups is 1. The van der Waals surface area contributed by atoms with E-state index in [0.717, 1.165) is 5.56 Å². The van der Waals surface area contributed by atoms with Gasteiger partial charge in [-0.3, -0.25) is 4.79 Å². The summed E-state index contributed by atoms with van der Waals surface area (Å²) in [4.78, 5) is 16.5. The number of nitrogens with one attached hydrogen (secondary N) is 2. The molecule has 0 aliphatic carbocycles. The summed E-state index contributed by atoms with van der Waals surface area (Å²) < 4.78 is 0. The standard InChI is InChI=1S/C19H15Cl2N3O/c20-16-7-3-1-5-13(16)11-22-18-10-9-14(12-23-18)24-19(25)15-6-2-4-8-17(15)21/h1-10,12H,11H2,(H,22,23)(H,24,25). The van der Waals surface area contributed by atoms with Gasteiger partial charge in [0.05, 0.1) is 22.5 Å². The lowest BCUT2D eigenvalue weighted by atomic mass is 10.2. The number of nitrogens with zero attached hydrogens (tertiary/aromatic N) is 1. The van der Waals surface area contributed by atoms with E-state index in [-0.39, 0.29) is 5.91 Å². The van der Waals surface area contributed by atoms with Gasteiger partial charge in [0.15, 0.2) is 0 Å². The molecule has 3 rings (SSSR count). The highest BCUT2D eigenvalue weighted by Gasteiger charge is 2.10. The highest BCUT2D eigenvalue weighted by molar-refractivity contribution is 6.34. The van der Waals surface area contributed by atoms with Crippen molar-refractivity contribution in [1.82, 2.24) is 4.98 Å². The van der Waals surface area contributed by atoms with Crippen molar-refractivity contribution in [2.24, 2.45) is 0 Å². The van der Waals surface area contributed by atoms with Crippen LogP contribution in [0.4, 0.5) is 11.5 Å². The second-order valence-corrected chi connectivity index (χ2v) is 6.13. The molecule has 6 heteroatoms. The molecule has 0 atom stereocenters. The van der Waals surface area contributed by atoms with Crippen molar-refractivity contribution >= 4 is 40.6 Å². The van der Waals surface area contributed by atoms with Crippen LogP contribution in [-0.4, -0.2) is 10.9 Å². The van der Waals surface area contributed by atoms with Gasteiger partial charge in [0.2, 0.25) is 0 Å². The molecule has 0 unspecified atom stereocenters. The first-order valence-corrected chi connectivity index (χ1v) is 8.38. The van der Waals surface area contributed by atoms with E-state index in [0.29, 0.717) is 33.7 Å². The Hall–Kier alpha value is -2.56. The van der Waals surface area contributed by atoms with Crippen molar-refractivity contribution < 1.29 is 4.79 Å². The number of carbonyl (C=O) groups excluding carboxylic acids is 1. The fourth-order valence-electron chi connectivity index (χ4n) is 2.24. The molecule has 1 amide bonds. The summed E-state index contributed by atoms with van der Waals surface area (Å²) in [6, 6.07) is 18.1. The van der Waals surface area contributed by atoms with Crippen molar-refractivity contribution in [3.63, 3.8) is 0 Å². The summed E-state index contributed by atoms with van der Waals surface area (Å²) in [6.45, 7) is 0.567. The summed E-state index contributed by atoms with van der Waals surface area (Å²) in [5.41, 5.74) is 2.00. The number of anilines is 2. The van der Waals surface area contributed by atoms with Gasteiger partial charge in [0.1, 0.15) is 5.82 Å². The maximum absolute atomic E-state index is 12.2. The van der Waals surface area contributed by atoms with Gasteiger partial charge in [-0.25, -0.2) is 4.98 Å². The van der Waals surface area contributed by atoms with Crippen molar-refractivity contribution in [3.8, 4) is 0 Å². The van der Waals surface area contributed by atoms with Crippen molar-refractivity contribution in [2.75, 3.05) is 10.6 Å². The van der Waals surface area contributed by atoms with E-state index in [1.54, 1.807) is 42.6 Å². The summed E-state index contributed by atoms with van der Waals surface area (Å²) >= 11 is 12.2. The number of halogens is 2. The minimum Gasteiger partial charge on any atom is -0.366 e. The zero-order chi connectivity index (χ0) is 17.6. The largest absolute Gasteiger partial charge is 0.366 e. The summed E-state index contributed by atoms with van der Waals surface area (Å²) in [5, 5.41) is 7.08. The average molecular weight is 372 g/mol. The summed E-state index contributed by atoms with van der Waals surface area (Å²) in [6.07, 6.45) is 1.59. The van der Waals surface area contributed by atoms with Crippen LogP contribution in [-0.2, 0) is 6.54 Å². The first-order chi connectivity index (χ1) is 12.1. The highest BCUT2D eigenvalue weighted by Crippen LogP contribution is 2.19. The topological polar surface area (TPSA) is 54.0 Å². The van der Waals surface area contributed by atoms with E-state index in [1.807, 2.05) is 24.3 Å². The Morgan fingerprint density at radius 1 is 0.920 bits per heavy atom. The smallest absolute Gasteiger partial charge is 0.257 e. The Bertz CT molecular complexity index is 882. The van der Waals surface area contributed by atoms with E-state index in [1.165, 1.54) is 0 Å². The number of amides is 1. The van der Waals surface area contributed by atoms with Gasteiger partial charge in [-0.2, -0.15) is 0 Å². The quantitative estimate of drug-likeness (QED) is 0.643. The SMILES string of the molecule is O=C(Nc1ccc(NCc2ccccc2Cl)nc1)c1ccccc1Cl. The van der Waals surface area contributed by atoms with Crippen LogP contribution < -0.4 is 10.6 Å². The Balaban J connectivity index is 1.62. The second-order valence-electron chi connectivity index (χ2n) is 5.31. The first-order valence-electron chi connectivity index (χ1n) is 7.63. The lowest BCUT2D eigenvalue weighted by Gasteiger charge is -2.09. The molecular formula is C19H15Cl2N3O. The van der Waals surface area contributed by atoms with Crippen LogP contribution >= 0.6 is 23.2 Å². The molecule has 25 heavy (non-hydrogen) atoms. The fraction of sp³-hybridized carbons (Fsp3) is 0.0526. The Kier molecular flexibility index (Phi) is 5.53. The highest BCUT2D eigenvalue weighted by atomic mass is 35.5. The molecule has 1 heterocycles. The Morgan fingerprint density at radius 2 is 1.64 bits per heavy atom. The number of benzene rings is 2. The number of hydrogen-bond acceptors (Lipinski definition) is 3. The third-order valence-corrected chi connectivity index (χ3v) is 4.26. The van der Waals surface area contributed by atoms with Crippen molar-refractivity contribution in [1.29, 1.82) is 0 Å². The Morgan fingerprint density at radius 3 is 2.32 bits per heavy atom. The zero-order valence-corrected chi connectivity index (χ0v) is 14.7. The predicted octanol–water partition coefficient (Wildman–Crippen LogP) is 5.25. The molecule has 0 spiro atoms. The lowest BCUT2D eigenvalue weighted by Crippen LogP contribution is -2.12. The van der Waals surface area contributed by atoms with E-state index in [2.05, 4.69) is 15.6 Å². The number of hydrogen-bond donors (Lipinski definition) is 2. The number of aromatic nitrogens is 1. The summed E-state index contributed by atoms with van der Waals surface area (Å²) in [5.74, 6) is 0.417. The van der Waals surface area contributed by atoms with E-state index < -0.39 is 0 Å². The minimum atomic E-state index is -0.274. The molecule has 2 aromatic carbocycles. The lowest BCUT2D eigenvalue weighted by molar-refractivity contribution is 0.102. The number of rotatable bonds is 5. The first kappa shape index (κ1) is 17.3. The predicted molar refractivity (Wildman–Crippen MR) is 102 cm³/mol. The van der Waals surface area contributed by atoms with Crippen LogP contribution in [0, 0.1) is 0 Å². The monoisotopic (exact) mass is 371 g/mol. The normalized spacial score (nSPS) is 10.3. The van der Waals surface area contributed by atoms with E-state index >= 15 is 0 Å². The average Bonchev–Trinajstić information content (AvgIpc) is 2.62. The second kappa shape index (κ2) is 8.01. The van der Waals surface area contributed by atoms with Crippen LogP contribution in [0.5, 0.6) is 0 Å². The third-order valence-electron chi connectivity index (χ3n) is 3.56. The Labute approximate surface area is 155 Å². The fourth-order valence-corrected chi connectivity index (χ4v) is 2.67. The van der Waals surface area contributed by atoms with Crippen LogP contribution in [0.2, 0.25) is 10.0 Å². The molecule has 0 aliphatic rings. The van der Waals surface area contributed by atoms with Crippen molar-refractivity contribution in [3.05, 3.63) is 88.0 Å². The molecule has 126 valence electrons. The van der Waals surface area contributed by atoms with Crippen LogP contribution in [0.15, 0.2) is 66.9 Å². The molecule has 4 nitrogen and oxygen atoms in total. The maximum atomic E-state index is 12.2. The molecule has 0 aliphatic heterocycles. The molecule has 1 aromatic heterocycles. The molecule has 3 aromatic rings. The van der Waals surface area contributed by atoms with Gasteiger partial charge in [0.25, 0.3) is 5.91 Å². The summed E-state index contributed by atoms with van der Waals surface area (Å²) in [7, 11) is 0. The van der Waals surface area contributed by atoms with Crippen LogP contribution in [0.3, 0.4) is 0 Å². The molecule has 0 saturated carbocycles. The minimum absolute atomic E-state index is 0.274. The van der Waals surface area contributed by atoms with E-state index in [4.69, 9.17) is 23.2 Å². The van der Waals surface area contributed by atoms with E-state index in [9.17, 15) is 4.79 Å². The maximum Gasteiger partial charge on any atom is 0.257 e. The zero-order valence-electron chi connectivity index (χ0n) is 13.2. The molecule has 0 saturated heterocycles. The van der Waals surface area contributed by atoms with Gasteiger partial charge in [-0.05, 0) is 35.9 Å². The van der Waals surface area contributed by atoms with Gasteiger partial charge >= 0.3 is 0 Å². The number of pyridine rings is 1. The third kappa shape index (κ3) is 4.50. The molecule has 2 N–H and O–H groups in total. The van der Waals surface area contributed by atoms with Gasteiger partial charge in [-0.1, -0.05) is 53.5 Å². The van der Waals surface area contributed by atoms with Gasteiger partial charge in [-0.15, -0.1) is 0 Å². The molecule has 0 fully saturated rings. The van der Waals surface area contributed by atoms with Crippen molar-refractivity contribution in [2.45, 2.75) is 6.54 Å². The molecular weight excluding hydrogens is 357 g/mol. The van der Waals surface area contributed by atoms with Gasteiger partial charge in [0, 0.05) is 11.6 Å². The van der Waals surface area contributed by atoms with Crippen LogP contribution in [0.1, 0.15) is 15.9 Å². The van der Waals surface area contributed by atoms with Gasteiger partial charge < -0.3 is 10.6 Å². The molecule has 0 radical (unpaired) electrons. The van der Waals surface area contributed by atoms with Crippen LogP contribution in [0.25, 0.3) is 0 Å².